The third-order valence-electron chi connectivity index (χ3n) is 4.53. The number of ether oxygens (including phenoxy) is 1. The second kappa shape index (κ2) is 8.33. The van der Waals surface area contributed by atoms with Gasteiger partial charge in [-0.25, -0.2) is 18.5 Å². The number of nitrogens with two attached hydrogens (primary N) is 2. The number of anilines is 1. The molecule has 0 amide bonds. The van der Waals surface area contributed by atoms with Crippen molar-refractivity contribution < 1.29 is 26.3 Å². The number of benzene rings is 3. The molecule has 0 saturated heterocycles. The van der Waals surface area contributed by atoms with Crippen molar-refractivity contribution in [1.82, 2.24) is 4.98 Å². The molecule has 13 heteroatoms. The van der Waals surface area contributed by atoms with Gasteiger partial charge in [-0.15, -0.1) is 0 Å². The van der Waals surface area contributed by atoms with Crippen molar-refractivity contribution in [2.45, 2.75) is 11.1 Å². The van der Waals surface area contributed by atoms with Gasteiger partial charge in [-0.1, -0.05) is 40.6 Å². The topological polar surface area (TPSA) is 108 Å². The first-order chi connectivity index (χ1) is 15.3. The molecule has 0 unspecified atom stereocenters. The van der Waals surface area contributed by atoms with Crippen molar-refractivity contribution in [3.05, 3.63) is 64.1 Å². The molecule has 172 valence electrons. The first kappa shape index (κ1) is 23.6. The van der Waals surface area contributed by atoms with E-state index in [-0.39, 0.29) is 21.5 Å². The van der Waals surface area contributed by atoms with Crippen LogP contribution in [0.15, 0.2) is 53.4 Å². The molecule has 33 heavy (non-hydrogen) atoms. The van der Waals surface area contributed by atoms with Gasteiger partial charge in [-0.3, -0.25) is 0 Å². The van der Waals surface area contributed by atoms with Gasteiger partial charge in [0, 0.05) is 11.3 Å². The summed E-state index contributed by atoms with van der Waals surface area (Å²) in [5.41, 5.74) is 5.17. The van der Waals surface area contributed by atoms with Gasteiger partial charge in [0.1, 0.15) is 10.6 Å². The highest BCUT2D eigenvalue weighted by Gasteiger charge is 2.36. The number of alkyl halides is 3. The van der Waals surface area contributed by atoms with Crippen LogP contribution in [0.2, 0.25) is 10.0 Å². The second-order valence-corrected chi connectivity index (χ2v) is 10.1. The Bertz CT molecular complexity index is 1510. The van der Waals surface area contributed by atoms with Crippen LogP contribution in [0.1, 0.15) is 5.56 Å². The largest absolute Gasteiger partial charge is 0.429 e. The maximum atomic E-state index is 13.6. The summed E-state index contributed by atoms with van der Waals surface area (Å²) >= 11 is 13.5. The van der Waals surface area contributed by atoms with Crippen molar-refractivity contribution in [3.8, 4) is 22.1 Å². The lowest BCUT2D eigenvalue weighted by Gasteiger charge is -2.17. The van der Waals surface area contributed by atoms with Crippen LogP contribution in [0.3, 0.4) is 0 Å². The summed E-state index contributed by atoms with van der Waals surface area (Å²) in [6.45, 7) is 0. The summed E-state index contributed by atoms with van der Waals surface area (Å²) in [6, 6.07) is 10.2. The summed E-state index contributed by atoms with van der Waals surface area (Å²) in [7, 11) is -4.37. The zero-order valence-electron chi connectivity index (χ0n) is 16.2. The SMILES string of the molecule is Nc1ccc2nc(Oc3ccc(-c4c(C(F)(F)F)ccc(S(N)(=O)=O)c4Cl)cc3Cl)sc2c1. The average molecular weight is 534 g/mol. The molecule has 0 bridgehead atoms. The molecular weight excluding hydrogens is 522 g/mol. The van der Waals surface area contributed by atoms with Crippen LogP contribution in [0.4, 0.5) is 18.9 Å². The molecule has 3 aromatic carbocycles. The second-order valence-electron chi connectivity index (χ2n) is 6.80. The van der Waals surface area contributed by atoms with E-state index in [1.165, 1.54) is 29.5 Å². The van der Waals surface area contributed by atoms with E-state index < -0.39 is 37.2 Å². The minimum atomic E-state index is -4.82. The molecule has 6 nitrogen and oxygen atoms in total. The first-order valence-electron chi connectivity index (χ1n) is 8.91. The number of hydrogen-bond donors (Lipinski definition) is 2. The van der Waals surface area contributed by atoms with Crippen LogP contribution >= 0.6 is 34.5 Å². The lowest BCUT2D eigenvalue weighted by atomic mass is 9.99. The predicted molar refractivity (Wildman–Crippen MR) is 122 cm³/mol. The van der Waals surface area contributed by atoms with Gasteiger partial charge in [0.05, 0.1) is 25.8 Å². The fourth-order valence-corrected chi connectivity index (χ4v) is 5.39. The summed E-state index contributed by atoms with van der Waals surface area (Å²) in [5.74, 6) is 0.125. The number of thiazole rings is 1. The van der Waals surface area contributed by atoms with Crippen LogP contribution in [-0.4, -0.2) is 13.4 Å². The average Bonchev–Trinajstić information content (AvgIpc) is 3.09. The van der Waals surface area contributed by atoms with Gasteiger partial charge in [0.15, 0.2) is 0 Å². The van der Waals surface area contributed by atoms with Crippen molar-refractivity contribution in [3.63, 3.8) is 0 Å². The van der Waals surface area contributed by atoms with E-state index in [0.29, 0.717) is 23.3 Å². The number of hydrogen-bond acceptors (Lipinski definition) is 6. The molecule has 0 spiro atoms. The summed E-state index contributed by atoms with van der Waals surface area (Å²) in [5, 5.41) is 4.63. The predicted octanol–water partition coefficient (Wildman–Crippen LogP) is 6.31. The van der Waals surface area contributed by atoms with Crippen molar-refractivity contribution in [2.24, 2.45) is 5.14 Å². The molecule has 0 atom stereocenters. The Morgan fingerprint density at radius 2 is 1.76 bits per heavy atom. The zero-order valence-corrected chi connectivity index (χ0v) is 19.3. The number of sulfonamides is 1. The highest BCUT2D eigenvalue weighted by Crippen LogP contribution is 2.45. The van der Waals surface area contributed by atoms with Crippen LogP contribution in [0.5, 0.6) is 10.9 Å². The summed E-state index contributed by atoms with van der Waals surface area (Å²) in [6.07, 6.45) is -4.82. The summed E-state index contributed by atoms with van der Waals surface area (Å²) < 4.78 is 70.9. The molecule has 0 aliphatic carbocycles. The first-order valence-corrected chi connectivity index (χ1v) is 12.0. The van der Waals surface area contributed by atoms with E-state index in [0.717, 1.165) is 4.70 Å². The van der Waals surface area contributed by atoms with Gasteiger partial charge in [-0.2, -0.15) is 13.2 Å². The number of nitrogens with zero attached hydrogens (tertiary/aromatic N) is 1. The Balaban J connectivity index is 1.78. The van der Waals surface area contributed by atoms with E-state index in [1.54, 1.807) is 18.2 Å². The number of nitrogen functional groups attached to an aromatic ring is 1. The molecule has 0 aliphatic rings. The molecule has 0 radical (unpaired) electrons. The Morgan fingerprint density at radius 1 is 1.03 bits per heavy atom. The van der Waals surface area contributed by atoms with Crippen LogP contribution < -0.4 is 15.6 Å². The van der Waals surface area contributed by atoms with Crippen LogP contribution in [-0.2, 0) is 16.2 Å². The van der Waals surface area contributed by atoms with Crippen molar-refractivity contribution in [1.29, 1.82) is 0 Å². The highest BCUT2D eigenvalue weighted by atomic mass is 35.5. The molecule has 4 rings (SSSR count). The Labute approximate surface area is 199 Å². The van der Waals surface area contributed by atoms with E-state index in [4.69, 9.17) is 38.8 Å². The van der Waals surface area contributed by atoms with Crippen molar-refractivity contribution in [2.75, 3.05) is 5.73 Å². The van der Waals surface area contributed by atoms with Crippen molar-refractivity contribution >= 4 is 60.5 Å². The quantitative estimate of drug-likeness (QED) is 0.298. The lowest BCUT2D eigenvalue weighted by Crippen LogP contribution is -2.15. The van der Waals surface area contributed by atoms with E-state index in [9.17, 15) is 21.6 Å². The molecular formula is C20H12Cl2F3N3O3S2. The molecule has 0 fully saturated rings. The fourth-order valence-electron chi connectivity index (χ4n) is 3.09. The number of halogens is 5. The van der Waals surface area contributed by atoms with Crippen LogP contribution in [0, 0.1) is 0 Å². The van der Waals surface area contributed by atoms with Gasteiger partial charge >= 0.3 is 6.18 Å². The van der Waals surface area contributed by atoms with Gasteiger partial charge in [0.2, 0.25) is 10.0 Å². The number of rotatable bonds is 4. The van der Waals surface area contributed by atoms with Gasteiger partial charge < -0.3 is 10.5 Å². The normalized spacial score (nSPS) is 12.3. The van der Waals surface area contributed by atoms with E-state index in [2.05, 4.69) is 4.98 Å². The standard InChI is InChI=1S/C20H12Cl2F3N3O3S2/c21-12-7-9(17-11(20(23,24)25)3-6-16(18(17)22)33(27,29)30)1-5-14(12)31-19-28-13-4-2-10(26)8-15(13)32-19/h1-8H,26H2,(H2,27,29,30). The Morgan fingerprint density at radius 3 is 2.39 bits per heavy atom. The minimum Gasteiger partial charge on any atom is -0.429 e. The third-order valence-corrected chi connectivity index (χ3v) is 7.18. The smallest absolute Gasteiger partial charge is 0.417 e. The maximum Gasteiger partial charge on any atom is 0.417 e. The molecule has 0 aliphatic heterocycles. The molecule has 1 aromatic heterocycles. The van der Waals surface area contributed by atoms with E-state index >= 15 is 0 Å². The Hall–Kier alpha value is -2.57. The number of primary sulfonamides is 1. The molecule has 1 heterocycles. The van der Waals surface area contributed by atoms with Gasteiger partial charge in [-0.05, 0) is 48.0 Å². The maximum absolute atomic E-state index is 13.6. The molecule has 4 aromatic rings. The molecule has 0 saturated carbocycles. The number of fused-ring (bicyclic) bond motifs is 1. The monoisotopic (exact) mass is 533 g/mol. The Kier molecular flexibility index (Phi) is 5.95. The highest BCUT2D eigenvalue weighted by molar-refractivity contribution is 7.89. The molecule has 4 N–H and O–H groups in total. The third kappa shape index (κ3) is 4.73. The number of aromatic nitrogens is 1. The van der Waals surface area contributed by atoms with Gasteiger partial charge in [0.25, 0.3) is 5.19 Å². The zero-order chi connectivity index (χ0) is 24.1. The van der Waals surface area contributed by atoms with E-state index in [1.807, 2.05) is 0 Å². The summed E-state index contributed by atoms with van der Waals surface area (Å²) in [4.78, 5) is 3.66. The lowest BCUT2D eigenvalue weighted by molar-refractivity contribution is -0.137. The van der Waals surface area contributed by atoms with Crippen LogP contribution in [0.25, 0.3) is 21.3 Å². The fraction of sp³-hybridized carbons (Fsp3) is 0.0500. The minimum absolute atomic E-state index is 0.0449.